The first-order valence-corrected chi connectivity index (χ1v) is 5.85. The van der Waals surface area contributed by atoms with E-state index in [1.165, 1.54) is 0 Å². The van der Waals surface area contributed by atoms with Crippen LogP contribution in [0.5, 0.6) is 5.75 Å². The molecule has 1 N–H and O–H groups in total. The highest BCUT2D eigenvalue weighted by atomic mass is 16.6. The Kier molecular flexibility index (Phi) is 4.19. The summed E-state index contributed by atoms with van der Waals surface area (Å²) >= 11 is 0. The van der Waals surface area contributed by atoms with E-state index in [1.54, 1.807) is 47.2 Å². The van der Waals surface area contributed by atoms with Crippen molar-refractivity contribution in [3.05, 3.63) is 48.7 Å². The number of para-hydroxylation sites is 1. The van der Waals surface area contributed by atoms with Crippen LogP contribution in [-0.4, -0.2) is 10.7 Å². The molecule has 1 aromatic carbocycles. The standard InChI is InChI=1S/C14H13N3O2/c15-9-5-11-17-10-4-8-13(17)16-14(18)19-12-6-2-1-3-7-12/h1-4,6-8,10H,5,11H2,(H,16,18). The Labute approximate surface area is 111 Å². The first kappa shape index (κ1) is 12.7. The van der Waals surface area contributed by atoms with Gasteiger partial charge in [-0.3, -0.25) is 5.32 Å². The summed E-state index contributed by atoms with van der Waals surface area (Å²) in [5.41, 5.74) is 0. The lowest BCUT2D eigenvalue weighted by atomic mass is 10.3. The predicted molar refractivity (Wildman–Crippen MR) is 70.8 cm³/mol. The lowest BCUT2D eigenvalue weighted by Crippen LogP contribution is -2.18. The quantitative estimate of drug-likeness (QED) is 0.913. The second-order valence-corrected chi connectivity index (χ2v) is 3.82. The number of hydrogen-bond acceptors (Lipinski definition) is 3. The van der Waals surface area contributed by atoms with Crippen molar-refractivity contribution in [1.82, 2.24) is 4.57 Å². The number of nitrogens with zero attached hydrogens (tertiary/aromatic N) is 2. The van der Waals surface area contributed by atoms with Gasteiger partial charge in [-0.2, -0.15) is 5.26 Å². The molecule has 0 saturated carbocycles. The van der Waals surface area contributed by atoms with Gasteiger partial charge in [0.2, 0.25) is 0 Å². The van der Waals surface area contributed by atoms with Crippen LogP contribution in [0, 0.1) is 11.3 Å². The monoisotopic (exact) mass is 255 g/mol. The number of aryl methyl sites for hydroxylation is 1. The van der Waals surface area contributed by atoms with E-state index in [0.717, 1.165) is 0 Å². The highest BCUT2D eigenvalue weighted by Gasteiger charge is 2.07. The van der Waals surface area contributed by atoms with Crippen LogP contribution >= 0.6 is 0 Å². The summed E-state index contributed by atoms with van der Waals surface area (Å²) in [7, 11) is 0. The van der Waals surface area contributed by atoms with Crippen molar-refractivity contribution in [3.63, 3.8) is 0 Å². The van der Waals surface area contributed by atoms with E-state index in [4.69, 9.17) is 10.00 Å². The first-order chi connectivity index (χ1) is 9.29. The molecule has 1 heterocycles. The Hall–Kier alpha value is -2.74. The average Bonchev–Trinajstić information content (AvgIpc) is 2.84. The zero-order valence-electron chi connectivity index (χ0n) is 10.2. The maximum Gasteiger partial charge on any atom is 0.418 e. The molecule has 96 valence electrons. The van der Waals surface area contributed by atoms with Crippen LogP contribution in [0.15, 0.2) is 48.7 Å². The van der Waals surface area contributed by atoms with Gasteiger partial charge in [-0.25, -0.2) is 4.79 Å². The van der Waals surface area contributed by atoms with Gasteiger partial charge in [-0.15, -0.1) is 0 Å². The lowest BCUT2D eigenvalue weighted by Gasteiger charge is -2.09. The lowest BCUT2D eigenvalue weighted by molar-refractivity contribution is 0.215. The third-order valence-corrected chi connectivity index (χ3v) is 2.48. The van der Waals surface area contributed by atoms with Crippen molar-refractivity contribution < 1.29 is 9.53 Å². The Bertz CT molecular complexity index is 584. The summed E-state index contributed by atoms with van der Waals surface area (Å²) in [5, 5.41) is 11.2. The molecule has 0 saturated heterocycles. The van der Waals surface area contributed by atoms with E-state index in [-0.39, 0.29) is 0 Å². The van der Waals surface area contributed by atoms with Crippen LogP contribution < -0.4 is 10.1 Å². The van der Waals surface area contributed by atoms with Gasteiger partial charge in [0.15, 0.2) is 0 Å². The second-order valence-electron chi connectivity index (χ2n) is 3.82. The minimum atomic E-state index is -0.553. The van der Waals surface area contributed by atoms with Crippen molar-refractivity contribution in [3.8, 4) is 11.8 Å². The van der Waals surface area contributed by atoms with Gasteiger partial charge < -0.3 is 9.30 Å². The fourth-order valence-electron chi connectivity index (χ4n) is 1.62. The number of ether oxygens (including phenoxy) is 1. The molecule has 0 bridgehead atoms. The van der Waals surface area contributed by atoms with Gasteiger partial charge in [0.05, 0.1) is 12.5 Å². The molecule has 5 heteroatoms. The summed E-state index contributed by atoms with van der Waals surface area (Å²) in [4.78, 5) is 11.7. The summed E-state index contributed by atoms with van der Waals surface area (Å²) in [5.74, 6) is 1.09. The number of rotatable bonds is 4. The predicted octanol–water partition coefficient (Wildman–Crippen LogP) is 3.01. The van der Waals surface area contributed by atoms with E-state index in [2.05, 4.69) is 11.4 Å². The van der Waals surface area contributed by atoms with Crippen LogP contribution in [0.1, 0.15) is 6.42 Å². The number of nitriles is 1. The minimum absolute atomic E-state index is 0.386. The molecular formula is C14H13N3O2. The summed E-state index contributed by atoms with van der Waals surface area (Å²) in [6.07, 6.45) is 1.63. The number of anilines is 1. The molecule has 0 fully saturated rings. The van der Waals surface area contributed by atoms with E-state index < -0.39 is 6.09 Å². The largest absolute Gasteiger partial charge is 0.418 e. The maximum atomic E-state index is 11.7. The van der Waals surface area contributed by atoms with Gasteiger partial charge in [0.1, 0.15) is 11.6 Å². The molecule has 1 aromatic heterocycles. The van der Waals surface area contributed by atoms with Crippen LogP contribution in [0.3, 0.4) is 0 Å². The third kappa shape index (κ3) is 3.61. The molecule has 0 aliphatic heterocycles. The number of carbonyl (C=O) groups excluding carboxylic acids is 1. The molecule has 0 spiro atoms. The highest BCUT2D eigenvalue weighted by molar-refractivity contribution is 5.85. The number of aromatic nitrogens is 1. The molecule has 0 atom stereocenters. The fraction of sp³-hybridized carbons (Fsp3) is 0.143. The molecule has 2 rings (SSSR count). The Morgan fingerprint density at radius 3 is 2.79 bits per heavy atom. The molecule has 0 aliphatic carbocycles. The zero-order valence-corrected chi connectivity index (χ0v) is 10.2. The minimum Gasteiger partial charge on any atom is -0.410 e. The second kappa shape index (κ2) is 6.26. The van der Waals surface area contributed by atoms with Crippen LogP contribution in [0.25, 0.3) is 0 Å². The number of hydrogen-bond donors (Lipinski definition) is 1. The van der Waals surface area contributed by atoms with E-state index in [9.17, 15) is 4.79 Å². The molecule has 0 radical (unpaired) electrons. The van der Waals surface area contributed by atoms with E-state index in [1.807, 2.05) is 6.07 Å². The van der Waals surface area contributed by atoms with Crippen LogP contribution in [0.2, 0.25) is 0 Å². The molecule has 5 nitrogen and oxygen atoms in total. The molecule has 19 heavy (non-hydrogen) atoms. The summed E-state index contributed by atoms with van der Waals surface area (Å²) < 4.78 is 6.91. The molecule has 2 aromatic rings. The van der Waals surface area contributed by atoms with Crippen LogP contribution in [-0.2, 0) is 6.54 Å². The van der Waals surface area contributed by atoms with Gasteiger partial charge in [0.25, 0.3) is 0 Å². The smallest absolute Gasteiger partial charge is 0.410 e. The van der Waals surface area contributed by atoms with Gasteiger partial charge >= 0.3 is 6.09 Å². The summed E-state index contributed by atoms with van der Waals surface area (Å²) in [6.45, 7) is 0.532. The van der Waals surface area contributed by atoms with Gasteiger partial charge in [0, 0.05) is 12.7 Å². The van der Waals surface area contributed by atoms with Crippen molar-refractivity contribution >= 4 is 11.9 Å². The highest BCUT2D eigenvalue weighted by Crippen LogP contribution is 2.12. The number of carbonyl (C=O) groups is 1. The SMILES string of the molecule is N#CCCn1cccc1NC(=O)Oc1ccccc1. The molecule has 0 aliphatic rings. The normalized spacial score (nSPS) is 9.63. The van der Waals surface area contributed by atoms with E-state index >= 15 is 0 Å². The first-order valence-electron chi connectivity index (χ1n) is 5.85. The van der Waals surface area contributed by atoms with Crippen molar-refractivity contribution in [1.29, 1.82) is 5.26 Å². The average molecular weight is 255 g/mol. The van der Waals surface area contributed by atoms with Crippen molar-refractivity contribution in [2.45, 2.75) is 13.0 Å². The molecule has 0 unspecified atom stereocenters. The Balaban J connectivity index is 1.96. The zero-order chi connectivity index (χ0) is 13.5. The number of benzene rings is 1. The third-order valence-electron chi connectivity index (χ3n) is 2.48. The molecular weight excluding hydrogens is 242 g/mol. The van der Waals surface area contributed by atoms with Crippen LogP contribution in [0.4, 0.5) is 10.6 Å². The topological polar surface area (TPSA) is 67.0 Å². The van der Waals surface area contributed by atoms with Crippen molar-refractivity contribution in [2.24, 2.45) is 0 Å². The van der Waals surface area contributed by atoms with E-state index in [0.29, 0.717) is 24.5 Å². The summed E-state index contributed by atoms with van der Waals surface area (Å²) in [6, 6.07) is 14.4. The van der Waals surface area contributed by atoms with Gasteiger partial charge in [-0.1, -0.05) is 18.2 Å². The number of amides is 1. The Morgan fingerprint density at radius 1 is 1.26 bits per heavy atom. The maximum absolute atomic E-state index is 11.7. The fourth-order valence-corrected chi connectivity index (χ4v) is 1.62. The number of nitrogens with one attached hydrogen (secondary N) is 1. The van der Waals surface area contributed by atoms with Gasteiger partial charge in [-0.05, 0) is 24.3 Å². The molecule has 1 amide bonds. The Morgan fingerprint density at radius 2 is 2.05 bits per heavy atom. The van der Waals surface area contributed by atoms with Crippen molar-refractivity contribution in [2.75, 3.05) is 5.32 Å².